The van der Waals surface area contributed by atoms with Crippen LogP contribution in [0.25, 0.3) is 10.9 Å². The molecule has 3 aromatic rings. The van der Waals surface area contributed by atoms with Gasteiger partial charge < -0.3 is 19.7 Å². The molecule has 154 valence electrons. The molecule has 1 N–H and O–H groups in total. The van der Waals surface area contributed by atoms with Gasteiger partial charge in [0.15, 0.2) is 13.0 Å². The molecule has 7 nitrogen and oxygen atoms in total. The van der Waals surface area contributed by atoms with E-state index >= 15 is 0 Å². The summed E-state index contributed by atoms with van der Waals surface area (Å²) in [5.74, 6) is 0.689. The van der Waals surface area contributed by atoms with Gasteiger partial charge in [0.05, 0.1) is 16.6 Å². The summed E-state index contributed by atoms with van der Waals surface area (Å²) in [6.45, 7) is 1.53. The highest BCUT2D eigenvalue weighted by Crippen LogP contribution is 2.28. The van der Waals surface area contributed by atoms with Crippen molar-refractivity contribution >= 4 is 34.0 Å². The number of halogens is 2. The molecular weight excluding hydrogens is 409 g/mol. The Morgan fingerprint density at radius 2 is 2.03 bits per heavy atom. The van der Waals surface area contributed by atoms with Crippen molar-refractivity contribution < 1.29 is 13.9 Å². The van der Waals surface area contributed by atoms with Gasteiger partial charge in [-0.3, -0.25) is 0 Å². The molecule has 9 heteroatoms. The average molecular weight is 428 g/mol. The lowest BCUT2D eigenvalue weighted by Gasteiger charge is -2.27. The number of rotatable bonds is 6. The Balaban J connectivity index is 1.43. The van der Waals surface area contributed by atoms with Crippen molar-refractivity contribution in [2.75, 3.05) is 25.2 Å². The monoisotopic (exact) mass is 427 g/mol. The Hall–Kier alpha value is -3.15. The Morgan fingerprint density at radius 1 is 1.20 bits per heavy atom. The summed E-state index contributed by atoms with van der Waals surface area (Å²) in [6.07, 6.45) is 5.29. The highest BCUT2D eigenvalue weighted by molar-refractivity contribution is 6.31. The molecule has 0 bridgehead atoms. The predicted molar refractivity (Wildman–Crippen MR) is 111 cm³/mol. The maximum atomic E-state index is 13.4. The van der Waals surface area contributed by atoms with Crippen LogP contribution in [0, 0.1) is 17.3 Å². The van der Waals surface area contributed by atoms with Gasteiger partial charge in [-0.15, -0.1) is 0 Å². The highest BCUT2D eigenvalue weighted by atomic mass is 35.5. The second-order valence-electron chi connectivity index (χ2n) is 6.87. The summed E-state index contributed by atoms with van der Waals surface area (Å²) in [4.78, 5) is 10.3. The molecule has 2 heterocycles. The van der Waals surface area contributed by atoms with E-state index in [1.165, 1.54) is 18.5 Å². The first-order valence-electron chi connectivity index (χ1n) is 9.48. The maximum absolute atomic E-state index is 13.4. The van der Waals surface area contributed by atoms with E-state index in [0.717, 1.165) is 23.7 Å². The number of benzene rings is 2. The third-order valence-electron chi connectivity index (χ3n) is 4.90. The Kier molecular flexibility index (Phi) is 6.12. The minimum atomic E-state index is -0.483. The summed E-state index contributed by atoms with van der Waals surface area (Å²) in [5.41, 5.74) is 1.35. The van der Waals surface area contributed by atoms with Crippen LogP contribution in [0.2, 0.25) is 5.02 Å². The number of likely N-dealkylation sites (tertiary alicyclic amines) is 1. The molecule has 0 spiro atoms. The van der Waals surface area contributed by atoms with Gasteiger partial charge in [0, 0.05) is 24.2 Å². The SMILES string of the molecule is N#CN1CCC(OCOc2ccc3ncnc(Nc4ccc(F)c(Cl)c4)c3c2)CC1. The summed E-state index contributed by atoms with van der Waals surface area (Å²) >= 11 is 5.86. The highest BCUT2D eigenvalue weighted by Gasteiger charge is 2.18. The van der Waals surface area contributed by atoms with Gasteiger partial charge in [-0.1, -0.05) is 11.6 Å². The molecule has 4 rings (SSSR count). The number of hydrogen-bond acceptors (Lipinski definition) is 7. The minimum Gasteiger partial charge on any atom is -0.468 e. The van der Waals surface area contributed by atoms with Gasteiger partial charge in [0.2, 0.25) is 0 Å². The number of nitriles is 1. The van der Waals surface area contributed by atoms with E-state index in [-0.39, 0.29) is 17.9 Å². The van der Waals surface area contributed by atoms with Gasteiger partial charge in [-0.25, -0.2) is 14.4 Å². The number of fused-ring (bicyclic) bond motifs is 1. The lowest BCUT2D eigenvalue weighted by molar-refractivity contribution is -0.0547. The van der Waals surface area contributed by atoms with Crippen LogP contribution < -0.4 is 10.1 Å². The van der Waals surface area contributed by atoms with Gasteiger partial charge >= 0.3 is 0 Å². The molecule has 0 amide bonds. The number of piperidine rings is 1. The normalized spacial score (nSPS) is 14.5. The van der Waals surface area contributed by atoms with E-state index in [0.29, 0.717) is 30.3 Å². The first-order chi connectivity index (χ1) is 14.6. The van der Waals surface area contributed by atoms with Crippen LogP contribution in [0.15, 0.2) is 42.7 Å². The second kappa shape index (κ2) is 9.11. The topological polar surface area (TPSA) is 83.3 Å². The zero-order valence-corrected chi connectivity index (χ0v) is 16.8. The first-order valence-corrected chi connectivity index (χ1v) is 9.86. The van der Waals surface area contributed by atoms with E-state index in [9.17, 15) is 4.39 Å². The molecule has 1 aliphatic rings. The van der Waals surface area contributed by atoms with Crippen LogP contribution in [-0.4, -0.2) is 40.9 Å². The minimum absolute atomic E-state index is 0.0279. The standard InChI is InChI=1S/C21H19ClFN5O2/c22-18-9-14(1-3-19(18)23)27-21-17-10-16(2-4-20(17)25-12-26-21)30-13-29-15-5-7-28(11-24)8-6-15/h1-4,9-10,12,15H,5-8,13H2,(H,25,26,27). The molecule has 1 saturated heterocycles. The van der Waals surface area contributed by atoms with E-state index in [1.807, 2.05) is 18.2 Å². The zero-order valence-electron chi connectivity index (χ0n) is 16.0. The molecule has 0 atom stereocenters. The number of hydrogen-bond donors (Lipinski definition) is 1. The summed E-state index contributed by atoms with van der Waals surface area (Å²) in [5, 5.41) is 12.8. The van der Waals surface area contributed by atoms with E-state index in [1.54, 1.807) is 11.0 Å². The van der Waals surface area contributed by atoms with E-state index < -0.39 is 5.82 Å². The predicted octanol–water partition coefficient (Wildman–Crippen LogP) is 4.46. The van der Waals surface area contributed by atoms with E-state index in [4.69, 9.17) is 26.3 Å². The third kappa shape index (κ3) is 4.70. The molecular formula is C21H19ClFN5O2. The Morgan fingerprint density at radius 3 is 2.80 bits per heavy atom. The second-order valence-corrected chi connectivity index (χ2v) is 7.28. The molecule has 0 unspecified atom stereocenters. The molecule has 1 aliphatic heterocycles. The Bertz CT molecular complexity index is 1080. The van der Waals surface area contributed by atoms with Crippen molar-refractivity contribution in [3.8, 4) is 11.9 Å². The molecule has 2 aromatic carbocycles. The fourth-order valence-electron chi connectivity index (χ4n) is 3.26. The number of nitrogens with one attached hydrogen (secondary N) is 1. The van der Waals surface area contributed by atoms with Crippen LogP contribution in [0.5, 0.6) is 5.75 Å². The van der Waals surface area contributed by atoms with Crippen molar-refractivity contribution in [3.05, 3.63) is 53.6 Å². The largest absolute Gasteiger partial charge is 0.468 e. The lowest BCUT2D eigenvalue weighted by atomic mass is 10.1. The maximum Gasteiger partial charge on any atom is 0.189 e. The first kappa shape index (κ1) is 20.1. The number of nitrogens with zero attached hydrogens (tertiary/aromatic N) is 4. The number of ether oxygens (including phenoxy) is 2. The average Bonchev–Trinajstić information content (AvgIpc) is 2.77. The fourth-order valence-corrected chi connectivity index (χ4v) is 3.44. The van der Waals surface area contributed by atoms with Gasteiger partial charge in [0.1, 0.15) is 23.7 Å². The summed E-state index contributed by atoms with van der Waals surface area (Å²) in [7, 11) is 0. The quantitative estimate of drug-likeness (QED) is 0.459. The van der Waals surface area contributed by atoms with Gasteiger partial charge in [0.25, 0.3) is 0 Å². The van der Waals surface area contributed by atoms with E-state index in [2.05, 4.69) is 21.5 Å². The van der Waals surface area contributed by atoms with Crippen LogP contribution >= 0.6 is 11.6 Å². The number of aromatic nitrogens is 2. The number of anilines is 2. The molecule has 30 heavy (non-hydrogen) atoms. The van der Waals surface area contributed by atoms with Crippen LogP contribution in [0.3, 0.4) is 0 Å². The molecule has 1 fully saturated rings. The van der Waals surface area contributed by atoms with Crippen LogP contribution in [0.4, 0.5) is 15.9 Å². The van der Waals surface area contributed by atoms with Crippen molar-refractivity contribution in [1.29, 1.82) is 5.26 Å². The lowest BCUT2D eigenvalue weighted by Crippen LogP contribution is -2.34. The fraction of sp³-hybridized carbons (Fsp3) is 0.286. The molecule has 0 radical (unpaired) electrons. The molecule has 0 aliphatic carbocycles. The smallest absolute Gasteiger partial charge is 0.189 e. The van der Waals surface area contributed by atoms with Crippen molar-refractivity contribution in [2.24, 2.45) is 0 Å². The van der Waals surface area contributed by atoms with Crippen molar-refractivity contribution in [1.82, 2.24) is 14.9 Å². The van der Waals surface area contributed by atoms with Gasteiger partial charge in [-0.05, 0) is 49.2 Å². The summed E-state index contributed by atoms with van der Waals surface area (Å²) in [6, 6.07) is 9.85. The van der Waals surface area contributed by atoms with Crippen LogP contribution in [0.1, 0.15) is 12.8 Å². The van der Waals surface area contributed by atoms with Crippen molar-refractivity contribution in [2.45, 2.75) is 18.9 Å². The Labute approximate surface area is 178 Å². The zero-order chi connectivity index (χ0) is 20.9. The molecule has 1 aromatic heterocycles. The third-order valence-corrected chi connectivity index (χ3v) is 5.19. The van der Waals surface area contributed by atoms with Crippen LogP contribution in [-0.2, 0) is 4.74 Å². The molecule has 0 saturated carbocycles. The van der Waals surface area contributed by atoms with Gasteiger partial charge in [-0.2, -0.15) is 5.26 Å². The summed E-state index contributed by atoms with van der Waals surface area (Å²) < 4.78 is 24.9. The van der Waals surface area contributed by atoms with Crippen molar-refractivity contribution in [3.63, 3.8) is 0 Å².